The number of aryl methyl sites for hydroxylation is 2. The highest BCUT2D eigenvalue weighted by molar-refractivity contribution is 5.83. The SMILES string of the molecule is CCCc1nc(N)cc(-c2cc3cc(C)ccc3o2)n1. The predicted octanol–water partition coefficient (Wildman–Crippen LogP) is 3.73. The fourth-order valence-electron chi connectivity index (χ4n) is 2.27. The third kappa shape index (κ3) is 2.37. The molecule has 102 valence electrons. The minimum Gasteiger partial charge on any atom is -0.454 e. The molecule has 4 nitrogen and oxygen atoms in total. The Morgan fingerprint density at radius 3 is 2.80 bits per heavy atom. The van der Waals surface area contributed by atoms with Crippen LogP contribution in [-0.2, 0) is 6.42 Å². The quantitative estimate of drug-likeness (QED) is 0.785. The molecule has 0 amide bonds. The average molecular weight is 267 g/mol. The first-order valence-corrected chi connectivity index (χ1v) is 6.79. The van der Waals surface area contributed by atoms with Crippen molar-refractivity contribution in [2.24, 2.45) is 0 Å². The Kier molecular flexibility index (Phi) is 3.14. The van der Waals surface area contributed by atoms with Crippen LogP contribution < -0.4 is 5.73 Å². The molecule has 0 atom stereocenters. The van der Waals surface area contributed by atoms with Gasteiger partial charge in [-0.15, -0.1) is 0 Å². The van der Waals surface area contributed by atoms with E-state index >= 15 is 0 Å². The van der Waals surface area contributed by atoms with Gasteiger partial charge in [0.25, 0.3) is 0 Å². The lowest BCUT2D eigenvalue weighted by atomic mass is 10.2. The van der Waals surface area contributed by atoms with Crippen molar-refractivity contribution in [1.29, 1.82) is 0 Å². The number of hydrogen-bond donors (Lipinski definition) is 1. The van der Waals surface area contributed by atoms with Crippen molar-refractivity contribution in [2.45, 2.75) is 26.7 Å². The van der Waals surface area contributed by atoms with Crippen LogP contribution in [0.4, 0.5) is 5.82 Å². The highest BCUT2D eigenvalue weighted by Gasteiger charge is 2.10. The third-order valence-corrected chi connectivity index (χ3v) is 3.19. The minimum absolute atomic E-state index is 0.482. The molecule has 0 aliphatic heterocycles. The van der Waals surface area contributed by atoms with Gasteiger partial charge in [-0.25, -0.2) is 9.97 Å². The second-order valence-corrected chi connectivity index (χ2v) is 5.00. The standard InChI is InChI=1S/C16H17N3O/c1-3-4-16-18-12(9-15(17)19-16)14-8-11-7-10(2)5-6-13(11)20-14/h5-9H,3-4H2,1-2H3,(H2,17,18,19). The molecule has 0 fully saturated rings. The van der Waals surface area contributed by atoms with E-state index in [2.05, 4.69) is 29.9 Å². The lowest BCUT2D eigenvalue weighted by Gasteiger charge is -2.02. The van der Waals surface area contributed by atoms with Crippen molar-refractivity contribution in [1.82, 2.24) is 9.97 Å². The Labute approximate surface area is 117 Å². The first-order valence-electron chi connectivity index (χ1n) is 6.79. The molecule has 20 heavy (non-hydrogen) atoms. The van der Waals surface area contributed by atoms with Crippen molar-refractivity contribution in [2.75, 3.05) is 5.73 Å². The number of nitrogen functional groups attached to an aromatic ring is 1. The number of hydrogen-bond acceptors (Lipinski definition) is 4. The van der Waals surface area contributed by atoms with Gasteiger partial charge in [0.2, 0.25) is 0 Å². The van der Waals surface area contributed by atoms with E-state index in [1.807, 2.05) is 18.2 Å². The summed E-state index contributed by atoms with van der Waals surface area (Å²) in [5.41, 5.74) is 8.67. The lowest BCUT2D eigenvalue weighted by molar-refractivity contribution is 0.627. The Hall–Kier alpha value is -2.36. The Balaban J connectivity index is 2.10. The molecule has 3 aromatic rings. The highest BCUT2D eigenvalue weighted by atomic mass is 16.3. The number of benzene rings is 1. The summed E-state index contributed by atoms with van der Waals surface area (Å²) >= 11 is 0. The average Bonchev–Trinajstić information content (AvgIpc) is 2.81. The normalized spacial score (nSPS) is 11.1. The summed E-state index contributed by atoms with van der Waals surface area (Å²) in [5.74, 6) is 1.98. The summed E-state index contributed by atoms with van der Waals surface area (Å²) in [6.45, 7) is 4.16. The molecular formula is C16H17N3O. The molecule has 0 radical (unpaired) electrons. The van der Waals surface area contributed by atoms with Gasteiger partial charge in [-0.2, -0.15) is 0 Å². The van der Waals surface area contributed by atoms with Gasteiger partial charge in [0.15, 0.2) is 5.76 Å². The molecule has 0 aliphatic rings. The van der Waals surface area contributed by atoms with Crippen LogP contribution >= 0.6 is 0 Å². The molecule has 0 unspecified atom stereocenters. The summed E-state index contributed by atoms with van der Waals surface area (Å²) in [5, 5.41) is 1.08. The number of fused-ring (bicyclic) bond motifs is 1. The molecule has 0 saturated carbocycles. The van der Waals surface area contributed by atoms with Crippen LogP contribution in [0, 0.1) is 6.92 Å². The van der Waals surface area contributed by atoms with Crippen molar-refractivity contribution in [3.8, 4) is 11.5 Å². The minimum atomic E-state index is 0.482. The molecular weight excluding hydrogens is 250 g/mol. The molecule has 1 aromatic carbocycles. The number of anilines is 1. The molecule has 0 bridgehead atoms. The van der Waals surface area contributed by atoms with E-state index in [1.54, 1.807) is 6.07 Å². The van der Waals surface area contributed by atoms with Crippen LogP contribution in [-0.4, -0.2) is 9.97 Å². The maximum atomic E-state index is 5.85. The number of nitrogens with zero attached hydrogens (tertiary/aromatic N) is 2. The van der Waals surface area contributed by atoms with Gasteiger partial charge in [-0.05, 0) is 31.5 Å². The van der Waals surface area contributed by atoms with E-state index in [4.69, 9.17) is 10.2 Å². The van der Waals surface area contributed by atoms with E-state index < -0.39 is 0 Å². The Morgan fingerprint density at radius 1 is 1.15 bits per heavy atom. The molecule has 0 saturated heterocycles. The smallest absolute Gasteiger partial charge is 0.154 e. The molecule has 2 heterocycles. The van der Waals surface area contributed by atoms with Crippen molar-refractivity contribution in [3.63, 3.8) is 0 Å². The molecule has 2 aromatic heterocycles. The molecule has 2 N–H and O–H groups in total. The van der Waals surface area contributed by atoms with Crippen LogP contribution in [0.2, 0.25) is 0 Å². The van der Waals surface area contributed by atoms with Crippen molar-refractivity contribution in [3.05, 3.63) is 41.7 Å². The van der Waals surface area contributed by atoms with Crippen LogP contribution in [0.25, 0.3) is 22.4 Å². The zero-order chi connectivity index (χ0) is 14.1. The number of aromatic nitrogens is 2. The largest absolute Gasteiger partial charge is 0.454 e. The van der Waals surface area contributed by atoms with Crippen LogP contribution in [0.15, 0.2) is 34.7 Å². The van der Waals surface area contributed by atoms with Gasteiger partial charge in [0, 0.05) is 17.9 Å². The maximum absolute atomic E-state index is 5.85. The lowest BCUT2D eigenvalue weighted by Crippen LogP contribution is -2.00. The molecule has 0 aliphatic carbocycles. The van der Waals surface area contributed by atoms with E-state index in [0.717, 1.165) is 41.1 Å². The molecule has 4 heteroatoms. The highest BCUT2D eigenvalue weighted by Crippen LogP contribution is 2.28. The monoisotopic (exact) mass is 267 g/mol. The van der Waals surface area contributed by atoms with Gasteiger partial charge >= 0.3 is 0 Å². The summed E-state index contributed by atoms with van der Waals surface area (Å²) in [6.07, 6.45) is 1.81. The second-order valence-electron chi connectivity index (χ2n) is 5.00. The van der Waals surface area contributed by atoms with Gasteiger partial charge in [-0.1, -0.05) is 18.6 Å². The predicted molar refractivity (Wildman–Crippen MR) is 80.4 cm³/mol. The zero-order valence-electron chi connectivity index (χ0n) is 11.7. The topological polar surface area (TPSA) is 64.9 Å². The Morgan fingerprint density at radius 2 is 2.00 bits per heavy atom. The zero-order valence-corrected chi connectivity index (χ0v) is 11.7. The van der Waals surface area contributed by atoms with Crippen molar-refractivity contribution >= 4 is 16.8 Å². The van der Waals surface area contributed by atoms with Crippen LogP contribution in [0.5, 0.6) is 0 Å². The maximum Gasteiger partial charge on any atom is 0.154 e. The first kappa shape index (κ1) is 12.7. The number of furan rings is 1. The van der Waals surface area contributed by atoms with E-state index in [9.17, 15) is 0 Å². The van der Waals surface area contributed by atoms with Crippen molar-refractivity contribution < 1.29 is 4.42 Å². The van der Waals surface area contributed by atoms with E-state index in [0.29, 0.717) is 5.82 Å². The third-order valence-electron chi connectivity index (χ3n) is 3.19. The van der Waals surface area contributed by atoms with E-state index in [1.165, 1.54) is 5.56 Å². The van der Waals surface area contributed by atoms with E-state index in [-0.39, 0.29) is 0 Å². The number of rotatable bonds is 3. The van der Waals surface area contributed by atoms with Gasteiger partial charge in [0.1, 0.15) is 22.9 Å². The van der Waals surface area contributed by atoms with Gasteiger partial charge < -0.3 is 10.2 Å². The van der Waals surface area contributed by atoms with Gasteiger partial charge in [0.05, 0.1) is 0 Å². The summed E-state index contributed by atoms with van der Waals surface area (Å²) in [6, 6.07) is 9.86. The first-order chi connectivity index (χ1) is 9.65. The summed E-state index contributed by atoms with van der Waals surface area (Å²) in [7, 11) is 0. The van der Waals surface area contributed by atoms with Crippen LogP contribution in [0.1, 0.15) is 24.7 Å². The Bertz CT molecular complexity index is 762. The van der Waals surface area contributed by atoms with Gasteiger partial charge in [-0.3, -0.25) is 0 Å². The summed E-state index contributed by atoms with van der Waals surface area (Å²) in [4.78, 5) is 8.77. The number of nitrogens with two attached hydrogens (primary N) is 1. The molecule has 3 rings (SSSR count). The fraction of sp³-hybridized carbons (Fsp3) is 0.250. The van der Waals surface area contributed by atoms with Crippen LogP contribution in [0.3, 0.4) is 0 Å². The summed E-state index contributed by atoms with van der Waals surface area (Å²) < 4.78 is 5.85. The fourth-order valence-corrected chi connectivity index (χ4v) is 2.27. The molecule has 0 spiro atoms. The second kappa shape index (κ2) is 4.96.